The van der Waals surface area contributed by atoms with Gasteiger partial charge in [0.25, 0.3) is 5.56 Å². The van der Waals surface area contributed by atoms with Gasteiger partial charge in [-0.05, 0) is 31.4 Å². The van der Waals surface area contributed by atoms with Crippen molar-refractivity contribution in [1.82, 2.24) is 14.9 Å². The summed E-state index contributed by atoms with van der Waals surface area (Å²) in [6.07, 6.45) is 2.77. The maximum atomic E-state index is 12.7. The first-order valence-corrected chi connectivity index (χ1v) is 10.1. The van der Waals surface area contributed by atoms with Gasteiger partial charge in [0.1, 0.15) is 4.83 Å². The van der Waals surface area contributed by atoms with Gasteiger partial charge in [0.15, 0.2) is 0 Å². The highest BCUT2D eigenvalue weighted by molar-refractivity contribution is 7.18. The van der Waals surface area contributed by atoms with Crippen LogP contribution < -0.4 is 10.9 Å². The number of nitrogens with zero attached hydrogens (tertiary/aromatic N) is 2. The lowest BCUT2D eigenvalue weighted by atomic mass is 9.96. The van der Waals surface area contributed by atoms with Crippen molar-refractivity contribution >= 4 is 27.5 Å². The van der Waals surface area contributed by atoms with Crippen LogP contribution in [0.3, 0.4) is 0 Å². The third-order valence-corrected chi connectivity index (χ3v) is 6.16. The van der Waals surface area contributed by atoms with Crippen molar-refractivity contribution in [2.45, 2.75) is 46.1 Å². The SMILES string of the molecule is CCC(CNC(=O)CCn1cnc2sc(C)c(C)c2c1=O)c1ccccc1. The molecule has 1 atom stereocenters. The molecule has 142 valence electrons. The second-order valence-electron chi connectivity index (χ2n) is 6.78. The fraction of sp³-hybridized carbons (Fsp3) is 0.381. The molecule has 1 unspecified atom stereocenters. The third kappa shape index (κ3) is 4.27. The highest BCUT2D eigenvalue weighted by atomic mass is 32.1. The number of fused-ring (bicyclic) bond motifs is 1. The minimum absolute atomic E-state index is 0.0467. The van der Waals surface area contributed by atoms with Crippen molar-refractivity contribution < 1.29 is 4.79 Å². The number of aromatic nitrogens is 2. The molecule has 0 radical (unpaired) electrons. The highest BCUT2D eigenvalue weighted by Crippen LogP contribution is 2.25. The number of carbonyl (C=O) groups is 1. The summed E-state index contributed by atoms with van der Waals surface area (Å²) in [7, 11) is 0. The largest absolute Gasteiger partial charge is 0.355 e. The zero-order chi connectivity index (χ0) is 19.4. The minimum atomic E-state index is -0.0645. The number of hydrogen-bond donors (Lipinski definition) is 1. The summed E-state index contributed by atoms with van der Waals surface area (Å²) in [4.78, 5) is 31.2. The van der Waals surface area contributed by atoms with Crippen molar-refractivity contribution in [3.63, 3.8) is 0 Å². The standard InChI is InChI=1S/C21H25N3O2S/c1-4-16(17-8-6-5-7-9-17)12-22-18(25)10-11-24-13-23-20-19(21(24)26)14(2)15(3)27-20/h5-9,13,16H,4,10-12H2,1-3H3,(H,22,25). The van der Waals surface area contributed by atoms with Crippen molar-refractivity contribution in [3.05, 3.63) is 63.0 Å². The molecule has 0 spiro atoms. The van der Waals surface area contributed by atoms with Gasteiger partial charge in [0, 0.05) is 30.3 Å². The van der Waals surface area contributed by atoms with E-state index in [1.54, 1.807) is 6.33 Å². The molecule has 1 aromatic carbocycles. The Kier molecular flexibility index (Phi) is 6.06. The molecule has 6 heteroatoms. The molecule has 1 amide bonds. The monoisotopic (exact) mass is 383 g/mol. The fourth-order valence-corrected chi connectivity index (χ4v) is 4.19. The maximum absolute atomic E-state index is 12.7. The van der Waals surface area contributed by atoms with Gasteiger partial charge in [-0.3, -0.25) is 14.2 Å². The molecule has 0 aliphatic carbocycles. The van der Waals surface area contributed by atoms with Gasteiger partial charge >= 0.3 is 0 Å². The van der Waals surface area contributed by atoms with Crippen LogP contribution in [0.5, 0.6) is 0 Å². The minimum Gasteiger partial charge on any atom is -0.355 e. The quantitative estimate of drug-likeness (QED) is 0.675. The van der Waals surface area contributed by atoms with E-state index < -0.39 is 0 Å². The molecule has 0 fully saturated rings. The van der Waals surface area contributed by atoms with Crippen LogP contribution in [0.4, 0.5) is 0 Å². The second kappa shape index (κ2) is 8.48. The Balaban J connectivity index is 1.61. The Labute approximate surface area is 163 Å². The first-order valence-electron chi connectivity index (χ1n) is 9.28. The molecule has 3 aromatic rings. The maximum Gasteiger partial charge on any atom is 0.262 e. The molecular formula is C21H25N3O2S. The summed E-state index contributed by atoms with van der Waals surface area (Å²) in [5.41, 5.74) is 2.15. The lowest BCUT2D eigenvalue weighted by Crippen LogP contribution is -2.30. The average Bonchev–Trinajstić information content (AvgIpc) is 2.97. The fourth-order valence-electron chi connectivity index (χ4n) is 3.20. The van der Waals surface area contributed by atoms with E-state index in [4.69, 9.17) is 0 Å². The van der Waals surface area contributed by atoms with E-state index >= 15 is 0 Å². The normalized spacial score (nSPS) is 12.3. The molecule has 2 heterocycles. The van der Waals surface area contributed by atoms with Crippen LogP contribution in [0.2, 0.25) is 0 Å². The lowest BCUT2D eigenvalue weighted by Gasteiger charge is -2.16. The van der Waals surface area contributed by atoms with E-state index in [2.05, 4.69) is 29.4 Å². The number of carbonyl (C=O) groups excluding carboxylic acids is 1. The summed E-state index contributed by atoms with van der Waals surface area (Å²) in [6, 6.07) is 10.2. The molecule has 1 N–H and O–H groups in total. The number of hydrogen-bond acceptors (Lipinski definition) is 4. The van der Waals surface area contributed by atoms with Crippen LogP contribution in [-0.4, -0.2) is 22.0 Å². The molecular weight excluding hydrogens is 358 g/mol. The number of benzene rings is 1. The Morgan fingerprint density at radius 2 is 2.00 bits per heavy atom. The highest BCUT2D eigenvalue weighted by Gasteiger charge is 2.14. The van der Waals surface area contributed by atoms with E-state index in [-0.39, 0.29) is 17.9 Å². The van der Waals surface area contributed by atoms with Gasteiger partial charge in [-0.1, -0.05) is 37.3 Å². The summed E-state index contributed by atoms with van der Waals surface area (Å²) >= 11 is 1.53. The van der Waals surface area contributed by atoms with Gasteiger partial charge in [0.05, 0.1) is 11.7 Å². The molecule has 0 saturated heterocycles. The van der Waals surface area contributed by atoms with Crippen LogP contribution in [0.1, 0.15) is 41.7 Å². The van der Waals surface area contributed by atoms with E-state index in [1.807, 2.05) is 32.0 Å². The Morgan fingerprint density at radius 1 is 1.26 bits per heavy atom. The first-order chi connectivity index (χ1) is 13.0. The van der Waals surface area contributed by atoms with E-state index in [1.165, 1.54) is 21.5 Å². The number of nitrogens with one attached hydrogen (secondary N) is 1. The first kappa shape index (κ1) is 19.3. The van der Waals surface area contributed by atoms with Crippen LogP contribution in [0.15, 0.2) is 41.5 Å². The Morgan fingerprint density at radius 3 is 2.70 bits per heavy atom. The topological polar surface area (TPSA) is 64.0 Å². The van der Waals surface area contributed by atoms with E-state index in [9.17, 15) is 9.59 Å². The van der Waals surface area contributed by atoms with Gasteiger partial charge in [-0.2, -0.15) is 0 Å². The molecule has 3 rings (SSSR count). The molecule has 0 aliphatic heterocycles. The van der Waals surface area contributed by atoms with E-state index in [0.29, 0.717) is 24.4 Å². The smallest absolute Gasteiger partial charge is 0.262 e. The molecule has 2 aromatic heterocycles. The number of thiophene rings is 1. The van der Waals surface area contributed by atoms with E-state index in [0.717, 1.165) is 21.7 Å². The summed E-state index contributed by atoms with van der Waals surface area (Å²) in [6.45, 7) is 7.01. The number of aryl methyl sites for hydroxylation is 3. The lowest BCUT2D eigenvalue weighted by molar-refractivity contribution is -0.121. The summed E-state index contributed by atoms with van der Waals surface area (Å²) in [5, 5.41) is 3.68. The number of amides is 1. The van der Waals surface area contributed by atoms with Crippen LogP contribution in [0, 0.1) is 13.8 Å². The molecule has 27 heavy (non-hydrogen) atoms. The molecule has 0 saturated carbocycles. The van der Waals surface area contributed by atoms with Gasteiger partial charge in [-0.15, -0.1) is 11.3 Å². The molecule has 0 aliphatic rings. The second-order valence-corrected chi connectivity index (χ2v) is 7.98. The molecule has 5 nitrogen and oxygen atoms in total. The Hall–Kier alpha value is -2.47. The summed E-state index contributed by atoms with van der Waals surface area (Å²) in [5.74, 6) is 0.252. The Bertz CT molecular complexity index is 992. The van der Waals surface area contributed by atoms with Gasteiger partial charge < -0.3 is 5.32 Å². The zero-order valence-corrected chi connectivity index (χ0v) is 16.8. The zero-order valence-electron chi connectivity index (χ0n) is 16.0. The van der Waals surface area contributed by atoms with Gasteiger partial charge in [-0.25, -0.2) is 4.98 Å². The molecule has 0 bridgehead atoms. The summed E-state index contributed by atoms with van der Waals surface area (Å²) < 4.78 is 1.54. The third-order valence-electron chi connectivity index (χ3n) is 5.05. The van der Waals surface area contributed by atoms with Crippen molar-refractivity contribution in [2.24, 2.45) is 0 Å². The van der Waals surface area contributed by atoms with Crippen molar-refractivity contribution in [1.29, 1.82) is 0 Å². The predicted molar refractivity (Wildman–Crippen MR) is 110 cm³/mol. The van der Waals surface area contributed by atoms with Crippen molar-refractivity contribution in [2.75, 3.05) is 6.54 Å². The predicted octanol–water partition coefficient (Wildman–Crippen LogP) is 3.77. The van der Waals surface area contributed by atoms with Crippen LogP contribution in [-0.2, 0) is 11.3 Å². The average molecular weight is 384 g/mol. The number of rotatable bonds is 7. The van der Waals surface area contributed by atoms with Gasteiger partial charge in [0.2, 0.25) is 5.91 Å². The van der Waals surface area contributed by atoms with Crippen LogP contribution in [0.25, 0.3) is 10.2 Å². The van der Waals surface area contributed by atoms with Crippen molar-refractivity contribution in [3.8, 4) is 0 Å². The van der Waals surface area contributed by atoms with Crippen LogP contribution >= 0.6 is 11.3 Å².